The van der Waals surface area contributed by atoms with Crippen molar-refractivity contribution in [2.75, 3.05) is 18.8 Å². The van der Waals surface area contributed by atoms with Crippen LogP contribution in [0.4, 0.5) is 0 Å². The van der Waals surface area contributed by atoms with Gasteiger partial charge < -0.3 is 52.2 Å². The second kappa shape index (κ2) is 17.2. The van der Waals surface area contributed by atoms with Crippen LogP contribution in [0.25, 0.3) is 10.9 Å². The number of H-pyrrole nitrogens is 1. The summed E-state index contributed by atoms with van der Waals surface area (Å²) in [6.07, 6.45) is -3.74. The van der Waals surface area contributed by atoms with Crippen molar-refractivity contribution in [1.82, 2.24) is 31.2 Å². The predicted molar refractivity (Wildman–Crippen MR) is 200 cm³/mol. The molecule has 17 nitrogen and oxygen atoms in total. The van der Waals surface area contributed by atoms with Crippen LogP contribution in [-0.4, -0.2) is 133 Å². The van der Waals surface area contributed by atoms with Gasteiger partial charge in [0.25, 0.3) is 0 Å². The zero-order chi connectivity index (χ0) is 40.4. The third-order valence-electron chi connectivity index (χ3n) is 10.6. The number of hydrogen-bond acceptors (Lipinski definition) is 12. The molecule has 0 aliphatic carbocycles. The van der Waals surface area contributed by atoms with Gasteiger partial charge >= 0.3 is 0 Å². The van der Waals surface area contributed by atoms with Crippen molar-refractivity contribution in [1.29, 1.82) is 0 Å². The first-order valence-electron chi connectivity index (χ1n) is 18.5. The van der Waals surface area contributed by atoms with Crippen molar-refractivity contribution in [3.8, 4) is 0 Å². The molecule has 1 aromatic carbocycles. The molecule has 55 heavy (non-hydrogen) atoms. The predicted octanol–water partition coefficient (Wildman–Crippen LogP) is -1.60. The van der Waals surface area contributed by atoms with Crippen LogP contribution in [0.1, 0.15) is 58.9 Å². The second-order valence-electron chi connectivity index (χ2n) is 15.3. The fourth-order valence-electron chi connectivity index (χ4n) is 7.33. The van der Waals surface area contributed by atoms with Gasteiger partial charge in [-0.05, 0) is 52.2 Å². The first-order chi connectivity index (χ1) is 25.9. The van der Waals surface area contributed by atoms with Crippen LogP contribution in [0.5, 0.6) is 0 Å². The van der Waals surface area contributed by atoms with Gasteiger partial charge in [0.15, 0.2) is 5.78 Å². The number of aromatic nitrogens is 1. The highest BCUT2D eigenvalue weighted by Gasteiger charge is 2.44. The molecule has 1 aromatic heterocycles. The van der Waals surface area contributed by atoms with Crippen molar-refractivity contribution in [3.63, 3.8) is 0 Å². The standard InChI is InChI=1S/C37H51N7O10S/c1-17-28(47)10-20-9-24-23-7-5-6-8-25(23)42-35(24)55-15-26(36(53)44-14-22(46)12-27(44)33(51)39-17)41-34(52)30(19(3)45)43-31(49)18(2)40-32(50)21(11-29(20)48)13-37(4,54)16-38/h5-8,17-22,26-27,30,42,45-46,54H,9-16,38H2,1-4H3,(H,39,51)(H,40,50)(H,41,52)(H,43,49)/t17-,18-,19-,20+,21+,22+,26+,27-,30+,37+/m0/s1. The van der Waals surface area contributed by atoms with Crippen molar-refractivity contribution in [2.45, 2.75) is 113 Å². The Labute approximate surface area is 322 Å². The molecule has 0 unspecified atom stereocenters. The number of aliphatic hydroxyl groups excluding tert-OH is 2. The van der Waals surface area contributed by atoms with E-state index in [0.717, 1.165) is 22.0 Å². The lowest BCUT2D eigenvalue weighted by Gasteiger charge is -2.31. The lowest BCUT2D eigenvalue weighted by molar-refractivity contribution is -0.142. The summed E-state index contributed by atoms with van der Waals surface area (Å²) in [4.78, 5) is 102. The van der Waals surface area contributed by atoms with Crippen LogP contribution in [0, 0.1) is 11.8 Å². The number of para-hydroxylation sites is 1. The smallest absolute Gasteiger partial charge is 0.246 e. The van der Waals surface area contributed by atoms with E-state index < -0.39 is 107 Å². The number of ketones is 2. The molecule has 0 radical (unpaired) electrons. The molecular weight excluding hydrogens is 735 g/mol. The minimum absolute atomic E-state index is 0.00797. The molecule has 4 heterocycles. The Bertz CT molecular complexity index is 1830. The average Bonchev–Trinajstić information content (AvgIpc) is 3.69. The summed E-state index contributed by atoms with van der Waals surface area (Å²) < 4.78 is 0. The van der Waals surface area contributed by atoms with Crippen molar-refractivity contribution < 1.29 is 48.9 Å². The second-order valence-corrected chi connectivity index (χ2v) is 16.3. The highest BCUT2D eigenvalue weighted by atomic mass is 32.2. The maximum absolute atomic E-state index is 14.4. The van der Waals surface area contributed by atoms with Gasteiger partial charge in [0.05, 0.1) is 28.9 Å². The number of nitrogens with two attached hydrogens (primary N) is 1. The zero-order valence-corrected chi connectivity index (χ0v) is 32.1. The van der Waals surface area contributed by atoms with E-state index in [1.165, 1.54) is 27.7 Å². The molecule has 2 bridgehead atoms. The van der Waals surface area contributed by atoms with Gasteiger partial charge in [-0.25, -0.2) is 0 Å². The fraction of sp³-hybridized carbons (Fsp3) is 0.595. The molecule has 3 aliphatic heterocycles. The number of rotatable bonds is 4. The summed E-state index contributed by atoms with van der Waals surface area (Å²) >= 11 is 1.15. The Morgan fingerprint density at radius 2 is 1.60 bits per heavy atom. The lowest BCUT2D eigenvalue weighted by atomic mass is 9.81. The Balaban J connectivity index is 1.69. The first-order valence-corrected chi connectivity index (χ1v) is 19.5. The van der Waals surface area contributed by atoms with E-state index >= 15 is 0 Å². The van der Waals surface area contributed by atoms with E-state index in [1.54, 1.807) is 6.07 Å². The molecule has 1 fully saturated rings. The van der Waals surface area contributed by atoms with Crippen LogP contribution in [0.15, 0.2) is 29.3 Å². The number of Topliss-reactive ketones (excluding diaryl/α,β-unsaturated/α-hetero) is 2. The summed E-state index contributed by atoms with van der Waals surface area (Å²) in [5.74, 6) is -7.33. The number of hydrogen-bond donors (Lipinski definition) is 9. The minimum atomic E-state index is -1.60. The maximum Gasteiger partial charge on any atom is 0.246 e. The molecule has 0 spiro atoms. The quantitative estimate of drug-likeness (QED) is 0.170. The van der Waals surface area contributed by atoms with Crippen molar-refractivity contribution >= 4 is 63.8 Å². The maximum atomic E-state index is 14.4. The molecule has 5 rings (SSSR count). The third-order valence-corrected chi connectivity index (χ3v) is 11.7. The normalized spacial score (nSPS) is 31.1. The van der Waals surface area contributed by atoms with E-state index in [1.807, 2.05) is 18.2 Å². The largest absolute Gasteiger partial charge is 0.391 e. The van der Waals surface area contributed by atoms with E-state index in [9.17, 15) is 48.9 Å². The van der Waals surface area contributed by atoms with E-state index in [0.29, 0.717) is 16.1 Å². The molecule has 18 heteroatoms. The SMILES string of the molecule is C[C@@H]1NC(=O)[C@@H]2C[C@@H](O)CN2C(=O)[C@H]2CSc3[nH]c4ccccc4c3C[C@H](CC1=O)C(=O)C[C@H](C[C@@](C)(O)CN)C(=O)N[C@@H](C)C(=O)N[C@H]([C@H](C)O)C(=O)N2. The summed E-state index contributed by atoms with van der Waals surface area (Å²) in [6, 6.07) is 0.701. The van der Waals surface area contributed by atoms with E-state index in [-0.39, 0.29) is 44.5 Å². The summed E-state index contributed by atoms with van der Waals surface area (Å²) in [5.41, 5.74) is 5.55. The van der Waals surface area contributed by atoms with Crippen LogP contribution in [0.3, 0.4) is 0 Å². The number of nitrogens with zero attached hydrogens (tertiary/aromatic N) is 1. The molecule has 300 valence electrons. The van der Waals surface area contributed by atoms with Gasteiger partial charge in [-0.2, -0.15) is 0 Å². The van der Waals surface area contributed by atoms with Gasteiger partial charge in [-0.3, -0.25) is 33.6 Å². The summed E-state index contributed by atoms with van der Waals surface area (Å²) in [6.45, 7) is 4.98. The van der Waals surface area contributed by atoms with Gasteiger partial charge in [0, 0.05) is 60.8 Å². The number of amides is 5. The van der Waals surface area contributed by atoms with Crippen molar-refractivity contribution in [2.24, 2.45) is 17.6 Å². The summed E-state index contributed by atoms with van der Waals surface area (Å²) in [7, 11) is 0. The van der Waals surface area contributed by atoms with Crippen LogP contribution in [0.2, 0.25) is 0 Å². The Hall–Kier alpha value is -4.36. The number of aliphatic hydroxyl groups is 3. The molecule has 2 aromatic rings. The Morgan fingerprint density at radius 1 is 0.909 bits per heavy atom. The number of fused-ring (bicyclic) bond motifs is 5. The molecule has 1 saturated heterocycles. The summed E-state index contributed by atoms with van der Waals surface area (Å²) in [5, 5.41) is 43.8. The van der Waals surface area contributed by atoms with Crippen molar-refractivity contribution in [3.05, 3.63) is 29.8 Å². The Kier molecular flexibility index (Phi) is 13.1. The third kappa shape index (κ3) is 9.72. The number of aromatic amines is 1. The van der Waals surface area contributed by atoms with Gasteiger partial charge in [0.2, 0.25) is 29.5 Å². The average molecular weight is 786 g/mol. The van der Waals surface area contributed by atoms with Gasteiger partial charge in [0.1, 0.15) is 30.0 Å². The molecule has 10 N–H and O–H groups in total. The molecule has 10 atom stereocenters. The first kappa shape index (κ1) is 41.8. The van der Waals surface area contributed by atoms with Crippen LogP contribution in [-0.2, 0) is 40.0 Å². The van der Waals surface area contributed by atoms with Gasteiger partial charge in [-0.15, -0.1) is 11.8 Å². The molecular formula is C37H51N7O10S. The van der Waals surface area contributed by atoms with Gasteiger partial charge in [-0.1, -0.05) is 18.2 Å². The van der Waals surface area contributed by atoms with Crippen LogP contribution >= 0.6 is 11.8 Å². The van der Waals surface area contributed by atoms with E-state index in [2.05, 4.69) is 26.3 Å². The monoisotopic (exact) mass is 785 g/mol. The number of carbonyl (C=O) groups excluding carboxylic acids is 7. The minimum Gasteiger partial charge on any atom is -0.391 e. The van der Waals surface area contributed by atoms with E-state index in [4.69, 9.17) is 5.73 Å². The molecule has 3 aliphatic rings. The number of carbonyl (C=O) groups is 7. The highest BCUT2D eigenvalue weighted by Crippen LogP contribution is 2.35. The molecule has 5 amide bonds. The molecule has 0 saturated carbocycles. The lowest BCUT2D eigenvalue weighted by Crippen LogP contribution is -2.61. The van der Waals surface area contributed by atoms with Crippen LogP contribution < -0.4 is 27.0 Å². The zero-order valence-electron chi connectivity index (χ0n) is 31.3. The highest BCUT2D eigenvalue weighted by molar-refractivity contribution is 7.99. The number of nitrogens with one attached hydrogen (secondary N) is 5. The topological polar surface area (TPSA) is 273 Å². The number of benzene rings is 1. The number of thioether (sulfide) groups is 1. The Morgan fingerprint density at radius 3 is 2.29 bits per heavy atom. The fourth-order valence-corrected chi connectivity index (χ4v) is 8.44.